The third kappa shape index (κ3) is 3.67. The first-order chi connectivity index (χ1) is 9.10. The number of benzene rings is 1. The van der Waals surface area contributed by atoms with Crippen LogP contribution in [0.15, 0.2) is 34.9 Å². The van der Waals surface area contributed by atoms with Crippen LogP contribution in [-0.2, 0) is 20.0 Å². The van der Waals surface area contributed by atoms with Gasteiger partial charge in [-0.2, -0.15) is 5.10 Å². The molecular weight excluding hydrogens is 302 g/mol. The van der Waals surface area contributed by atoms with Crippen LogP contribution in [0.2, 0.25) is 0 Å². The fraction of sp³-hybridized carbons (Fsp3) is 0.400. The highest BCUT2D eigenvalue weighted by atomic mass is 79.9. The van der Waals surface area contributed by atoms with Crippen LogP contribution in [0, 0.1) is 0 Å². The maximum absolute atomic E-state index is 4.46. The second-order valence-corrected chi connectivity index (χ2v) is 5.70. The molecule has 3 nitrogen and oxygen atoms in total. The van der Waals surface area contributed by atoms with Crippen molar-refractivity contribution in [2.45, 2.75) is 32.9 Å². The van der Waals surface area contributed by atoms with E-state index in [2.05, 4.69) is 64.6 Å². The second kappa shape index (κ2) is 6.35. The van der Waals surface area contributed by atoms with Crippen molar-refractivity contribution in [2.75, 3.05) is 0 Å². The summed E-state index contributed by atoms with van der Waals surface area (Å²) in [5.74, 6) is 0. The van der Waals surface area contributed by atoms with Gasteiger partial charge in [0.1, 0.15) is 0 Å². The quantitative estimate of drug-likeness (QED) is 0.911. The number of nitrogens with one attached hydrogen (secondary N) is 1. The maximum Gasteiger partial charge on any atom is 0.0666 e. The molecule has 0 aliphatic rings. The van der Waals surface area contributed by atoms with E-state index in [1.165, 1.54) is 16.8 Å². The summed E-state index contributed by atoms with van der Waals surface area (Å²) in [6.45, 7) is 5.18. The Balaban J connectivity index is 2.02. The van der Waals surface area contributed by atoms with Crippen LogP contribution < -0.4 is 5.32 Å². The summed E-state index contributed by atoms with van der Waals surface area (Å²) in [6.07, 6.45) is 3.07. The molecule has 0 aliphatic heterocycles. The minimum absolute atomic E-state index is 0.322. The van der Waals surface area contributed by atoms with E-state index in [1.807, 2.05) is 17.8 Å². The van der Waals surface area contributed by atoms with E-state index in [1.54, 1.807) is 0 Å². The second-order valence-electron chi connectivity index (χ2n) is 4.79. The highest BCUT2D eigenvalue weighted by Crippen LogP contribution is 2.18. The van der Waals surface area contributed by atoms with Gasteiger partial charge in [-0.15, -0.1) is 0 Å². The molecule has 19 heavy (non-hydrogen) atoms. The van der Waals surface area contributed by atoms with E-state index in [0.717, 1.165) is 17.4 Å². The van der Waals surface area contributed by atoms with Gasteiger partial charge >= 0.3 is 0 Å². The highest BCUT2D eigenvalue weighted by molar-refractivity contribution is 9.10. The summed E-state index contributed by atoms with van der Waals surface area (Å²) >= 11 is 3.51. The van der Waals surface area contributed by atoms with Gasteiger partial charge in [0.2, 0.25) is 0 Å². The SMILES string of the molecule is CCc1nn(C)cc1CN[C@H](C)c1cccc(Br)c1. The van der Waals surface area contributed by atoms with E-state index in [9.17, 15) is 0 Å². The monoisotopic (exact) mass is 321 g/mol. The highest BCUT2D eigenvalue weighted by Gasteiger charge is 2.09. The molecule has 1 aromatic carbocycles. The molecule has 2 rings (SSSR count). The number of hydrogen-bond donors (Lipinski definition) is 1. The van der Waals surface area contributed by atoms with Gasteiger partial charge in [0.05, 0.1) is 5.69 Å². The Labute approximate surface area is 123 Å². The minimum atomic E-state index is 0.322. The van der Waals surface area contributed by atoms with Gasteiger partial charge in [0.15, 0.2) is 0 Å². The van der Waals surface area contributed by atoms with Crippen LogP contribution in [0.1, 0.15) is 36.7 Å². The van der Waals surface area contributed by atoms with E-state index in [0.29, 0.717) is 6.04 Å². The molecule has 0 saturated heterocycles. The van der Waals surface area contributed by atoms with Gasteiger partial charge < -0.3 is 5.32 Å². The van der Waals surface area contributed by atoms with Crippen molar-refractivity contribution in [3.63, 3.8) is 0 Å². The Morgan fingerprint density at radius 2 is 2.21 bits per heavy atom. The minimum Gasteiger partial charge on any atom is -0.306 e. The van der Waals surface area contributed by atoms with Gasteiger partial charge in [-0.25, -0.2) is 0 Å². The van der Waals surface area contributed by atoms with Gasteiger partial charge in [0.25, 0.3) is 0 Å². The third-order valence-electron chi connectivity index (χ3n) is 3.27. The summed E-state index contributed by atoms with van der Waals surface area (Å²) in [4.78, 5) is 0. The summed E-state index contributed by atoms with van der Waals surface area (Å²) in [5.41, 5.74) is 3.75. The van der Waals surface area contributed by atoms with Crippen molar-refractivity contribution in [3.8, 4) is 0 Å². The first-order valence-corrected chi connectivity index (χ1v) is 7.39. The van der Waals surface area contributed by atoms with Crippen molar-refractivity contribution in [3.05, 3.63) is 51.8 Å². The Hall–Kier alpha value is -1.13. The third-order valence-corrected chi connectivity index (χ3v) is 3.77. The van der Waals surface area contributed by atoms with Crippen molar-refractivity contribution in [2.24, 2.45) is 7.05 Å². The summed E-state index contributed by atoms with van der Waals surface area (Å²) in [5, 5.41) is 8.02. The lowest BCUT2D eigenvalue weighted by Crippen LogP contribution is -2.18. The summed E-state index contributed by atoms with van der Waals surface area (Å²) < 4.78 is 3.01. The average molecular weight is 322 g/mol. The molecule has 0 aliphatic carbocycles. The predicted molar refractivity (Wildman–Crippen MR) is 82.0 cm³/mol. The average Bonchev–Trinajstić information content (AvgIpc) is 2.76. The molecule has 1 heterocycles. The zero-order valence-corrected chi connectivity index (χ0v) is 13.2. The van der Waals surface area contributed by atoms with Crippen LogP contribution in [0.25, 0.3) is 0 Å². The molecule has 0 fully saturated rings. The van der Waals surface area contributed by atoms with E-state index in [-0.39, 0.29) is 0 Å². The van der Waals surface area contributed by atoms with Crippen LogP contribution in [-0.4, -0.2) is 9.78 Å². The smallest absolute Gasteiger partial charge is 0.0666 e. The first-order valence-electron chi connectivity index (χ1n) is 6.60. The molecule has 0 spiro atoms. The van der Waals surface area contributed by atoms with Crippen molar-refractivity contribution in [1.82, 2.24) is 15.1 Å². The molecule has 1 atom stereocenters. The Kier molecular flexibility index (Phi) is 4.77. The van der Waals surface area contributed by atoms with E-state index in [4.69, 9.17) is 0 Å². The molecule has 1 N–H and O–H groups in total. The molecule has 0 unspecified atom stereocenters. The summed E-state index contributed by atoms with van der Waals surface area (Å²) in [6, 6.07) is 8.74. The molecular formula is C15H20BrN3. The standard InChI is InChI=1S/C15H20BrN3/c1-4-15-13(10-19(3)18-15)9-17-11(2)12-6-5-7-14(16)8-12/h5-8,10-11,17H,4,9H2,1-3H3/t11-/m1/s1. The van der Waals surface area contributed by atoms with Gasteiger partial charge in [-0.05, 0) is 31.0 Å². The fourth-order valence-electron chi connectivity index (χ4n) is 2.19. The van der Waals surface area contributed by atoms with E-state index >= 15 is 0 Å². The molecule has 4 heteroatoms. The zero-order valence-electron chi connectivity index (χ0n) is 11.7. The largest absolute Gasteiger partial charge is 0.306 e. The normalized spacial score (nSPS) is 12.6. The van der Waals surface area contributed by atoms with Gasteiger partial charge in [-0.3, -0.25) is 4.68 Å². The number of hydrogen-bond acceptors (Lipinski definition) is 2. The molecule has 102 valence electrons. The van der Waals surface area contributed by atoms with Crippen LogP contribution in [0.3, 0.4) is 0 Å². The molecule has 0 saturated carbocycles. The van der Waals surface area contributed by atoms with Crippen molar-refractivity contribution < 1.29 is 0 Å². The van der Waals surface area contributed by atoms with Gasteiger partial charge in [-0.1, -0.05) is 35.0 Å². The fourth-order valence-corrected chi connectivity index (χ4v) is 2.60. The lowest BCUT2D eigenvalue weighted by molar-refractivity contribution is 0.572. The lowest BCUT2D eigenvalue weighted by Gasteiger charge is -2.14. The topological polar surface area (TPSA) is 29.9 Å². The van der Waals surface area contributed by atoms with Crippen LogP contribution in [0.5, 0.6) is 0 Å². The van der Waals surface area contributed by atoms with Crippen LogP contribution >= 0.6 is 15.9 Å². The first kappa shape index (κ1) is 14.3. The van der Waals surface area contributed by atoms with Crippen LogP contribution in [0.4, 0.5) is 0 Å². The number of aromatic nitrogens is 2. The number of rotatable bonds is 5. The van der Waals surface area contributed by atoms with Crippen molar-refractivity contribution in [1.29, 1.82) is 0 Å². The maximum atomic E-state index is 4.46. The molecule has 0 amide bonds. The number of halogens is 1. The lowest BCUT2D eigenvalue weighted by atomic mass is 10.1. The number of nitrogens with zero attached hydrogens (tertiary/aromatic N) is 2. The summed E-state index contributed by atoms with van der Waals surface area (Å²) in [7, 11) is 1.97. The predicted octanol–water partition coefficient (Wildman–Crippen LogP) is 3.60. The van der Waals surface area contributed by atoms with Gasteiger partial charge in [0, 0.05) is 35.9 Å². The molecule has 2 aromatic rings. The van der Waals surface area contributed by atoms with E-state index < -0.39 is 0 Å². The molecule has 0 bridgehead atoms. The molecule has 0 radical (unpaired) electrons. The Bertz CT molecular complexity index is 548. The molecule has 1 aromatic heterocycles. The Morgan fingerprint density at radius 1 is 1.42 bits per heavy atom. The Morgan fingerprint density at radius 3 is 2.89 bits per heavy atom. The van der Waals surface area contributed by atoms with Crippen molar-refractivity contribution >= 4 is 15.9 Å². The number of aryl methyl sites for hydroxylation is 2. The zero-order chi connectivity index (χ0) is 13.8.